The van der Waals surface area contributed by atoms with E-state index in [1.165, 1.54) is 5.56 Å². The van der Waals surface area contributed by atoms with Crippen molar-refractivity contribution in [1.82, 2.24) is 14.4 Å². The highest BCUT2D eigenvalue weighted by Crippen LogP contribution is 2.21. The van der Waals surface area contributed by atoms with Gasteiger partial charge in [0.2, 0.25) is 0 Å². The number of hydrogen-bond donors (Lipinski definition) is 1. The summed E-state index contributed by atoms with van der Waals surface area (Å²) < 4.78 is 2.00. The summed E-state index contributed by atoms with van der Waals surface area (Å²) in [6.45, 7) is 3.74. The predicted molar refractivity (Wildman–Crippen MR) is 83.6 cm³/mol. The van der Waals surface area contributed by atoms with Crippen LogP contribution in [0.25, 0.3) is 5.65 Å². The molecular weight excluding hydrogens is 270 g/mol. The molecule has 0 radical (unpaired) electrons. The monoisotopic (exact) mass is 287 g/mol. The molecule has 0 amide bonds. The molecule has 3 aromatic rings. The van der Waals surface area contributed by atoms with Crippen molar-refractivity contribution in [3.8, 4) is 0 Å². The molecule has 3 heterocycles. The van der Waals surface area contributed by atoms with Gasteiger partial charge < -0.3 is 14.6 Å². The van der Waals surface area contributed by atoms with E-state index < -0.39 is 0 Å². The van der Waals surface area contributed by atoms with Crippen LogP contribution in [0, 0.1) is 0 Å². The van der Waals surface area contributed by atoms with Crippen LogP contribution in [0.2, 0.25) is 0 Å². The minimum Gasteiger partial charge on any atom is -0.369 e. The van der Waals surface area contributed by atoms with Gasteiger partial charge >= 0.3 is 0 Å². The molecule has 0 bridgehead atoms. The summed E-state index contributed by atoms with van der Waals surface area (Å²) in [7, 11) is 2.05. The van der Waals surface area contributed by atoms with Gasteiger partial charge in [-0.1, -0.05) is 0 Å². The highest BCUT2D eigenvalue weighted by molar-refractivity contribution is 7.07. The highest BCUT2D eigenvalue weighted by atomic mass is 32.1. The Balaban J connectivity index is 1.97. The smallest absolute Gasteiger partial charge is 0.180 e. The van der Waals surface area contributed by atoms with Crippen LogP contribution >= 0.6 is 11.3 Å². The molecule has 5 nitrogen and oxygen atoms in total. The molecule has 0 saturated carbocycles. The Hall–Kier alpha value is -2.08. The molecule has 1 N–H and O–H groups in total. The average molecular weight is 287 g/mol. The van der Waals surface area contributed by atoms with E-state index >= 15 is 0 Å². The first-order chi connectivity index (χ1) is 9.78. The molecule has 0 spiro atoms. The molecule has 0 aliphatic rings. The third kappa shape index (κ3) is 2.46. The molecule has 3 rings (SSSR count). The maximum Gasteiger partial charge on any atom is 0.180 e. The average Bonchev–Trinajstić information content (AvgIpc) is 3.08. The molecule has 3 aromatic heterocycles. The lowest BCUT2D eigenvalue weighted by Gasteiger charge is -2.19. The number of nitrogens with one attached hydrogen (secondary N) is 1. The van der Waals surface area contributed by atoms with Gasteiger partial charge in [-0.15, -0.1) is 0 Å². The van der Waals surface area contributed by atoms with Crippen molar-refractivity contribution in [3.63, 3.8) is 0 Å². The zero-order chi connectivity index (χ0) is 13.9. The number of imidazole rings is 1. The Morgan fingerprint density at radius 1 is 1.45 bits per heavy atom. The summed E-state index contributed by atoms with van der Waals surface area (Å²) in [6, 6.07) is 2.14. The van der Waals surface area contributed by atoms with E-state index in [1.807, 2.05) is 23.8 Å². The molecule has 0 unspecified atom stereocenters. The van der Waals surface area contributed by atoms with Crippen LogP contribution in [-0.2, 0) is 6.54 Å². The van der Waals surface area contributed by atoms with E-state index in [4.69, 9.17) is 0 Å². The second kappa shape index (κ2) is 5.50. The largest absolute Gasteiger partial charge is 0.369 e. The van der Waals surface area contributed by atoms with Crippen molar-refractivity contribution in [3.05, 3.63) is 41.0 Å². The number of aromatic nitrogens is 3. The van der Waals surface area contributed by atoms with Gasteiger partial charge in [0.1, 0.15) is 5.82 Å². The van der Waals surface area contributed by atoms with Gasteiger partial charge in [-0.05, 0) is 29.3 Å². The second-order valence-corrected chi connectivity index (χ2v) is 5.41. The summed E-state index contributed by atoms with van der Waals surface area (Å²) in [6.07, 6.45) is 5.71. The molecule has 0 aliphatic heterocycles. The predicted octanol–water partition coefficient (Wildman–Crippen LogP) is 2.86. The lowest BCUT2D eigenvalue weighted by atomic mass is 10.3. The quantitative estimate of drug-likeness (QED) is 0.784. The minimum atomic E-state index is 0.828. The lowest BCUT2D eigenvalue weighted by molar-refractivity contribution is 0.895. The third-order valence-electron chi connectivity index (χ3n) is 3.08. The Morgan fingerprint density at radius 3 is 3.10 bits per heavy atom. The lowest BCUT2D eigenvalue weighted by Crippen LogP contribution is -2.19. The van der Waals surface area contributed by atoms with Crippen LogP contribution in [0.5, 0.6) is 0 Å². The topological polar surface area (TPSA) is 45.5 Å². The standard InChI is InChI=1S/C14H17N5S/c1-3-15-12-9-19-6-5-16-13(19)14(17-12)18(2)8-11-4-7-20-10-11/h4-7,9-10,15H,3,8H2,1-2H3. The molecule has 0 aromatic carbocycles. The maximum atomic E-state index is 4.68. The van der Waals surface area contributed by atoms with Crippen LogP contribution < -0.4 is 10.2 Å². The Bertz CT molecular complexity index is 689. The van der Waals surface area contributed by atoms with Crippen LogP contribution in [0.4, 0.5) is 11.6 Å². The zero-order valence-electron chi connectivity index (χ0n) is 11.6. The number of anilines is 2. The Labute approximate surface area is 121 Å². The first-order valence-electron chi connectivity index (χ1n) is 6.57. The van der Waals surface area contributed by atoms with Crippen molar-refractivity contribution in [2.24, 2.45) is 0 Å². The molecule has 0 atom stereocenters. The van der Waals surface area contributed by atoms with Gasteiger partial charge in [0.25, 0.3) is 0 Å². The summed E-state index contributed by atoms with van der Waals surface area (Å²) in [5.74, 6) is 1.75. The van der Waals surface area contributed by atoms with E-state index in [-0.39, 0.29) is 0 Å². The van der Waals surface area contributed by atoms with Gasteiger partial charge in [0, 0.05) is 32.5 Å². The van der Waals surface area contributed by atoms with Crippen LogP contribution in [0.15, 0.2) is 35.4 Å². The molecule has 104 valence electrons. The summed E-state index contributed by atoms with van der Waals surface area (Å²) in [5.41, 5.74) is 2.17. The molecule has 0 fully saturated rings. The van der Waals surface area contributed by atoms with Crippen LogP contribution in [0.1, 0.15) is 12.5 Å². The van der Waals surface area contributed by atoms with Crippen molar-refractivity contribution in [1.29, 1.82) is 0 Å². The fraction of sp³-hybridized carbons (Fsp3) is 0.286. The number of nitrogens with zero attached hydrogens (tertiary/aromatic N) is 4. The molecule has 0 aliphatic carbocycles. The van der Waals surface area contributed by atoms with Crippen molar-refractivity contribution in [2.75, 3.05) is 23.8 Å². The first-order valence-corrected chi connectivity index (χ1v) is 7.52. The number of thiophene rings is 1. The summed E-state index contributed by atoms with van der Waals surface area (Å²) >= 11 is 1.71. The Morgan fingerprint density at radius 2 is 2.35 bits per heavy atom. The van der Waals surface area contributed by atoms with Gasteiger partial charge in [0.05, 0.1) is 6.20 Å². The van der Waals surface area contributed by atoms with E-state index in [0.29, 0.717) is 0 Å². The second-order valence-electron chi connectivity index (χ2n) is 4.63. The fourth-order valence-electron chi connectivity index (χ4n) is 2.17. The third-order valence-corrected chi connectivity index (χ3v) is 3.81. The summed E-state index contributed by atoms with van der Waals surface area (Å²) in [4.78, 5) is 11.2. The van der Waals surface area contributed by atoms with Gasteiger partial charge in [-0.3, -0.25) is 0 Å². The molecule has 0 saturated heterocycles. The van der Waals surface area contributed by atoms with Crippen LogP contribution in [-0.4, -0.2) is 28.0 Å². The number of fused-ring (bicyclic) bond motifs is 1. The normalized spacial score (nSPS) is 10.9. The number of hydrogen-bond acceptors (Lipinski definition) is 5. The SMILES string of the molecule is CCNc1cn2ccnc2c(N(C)Cc2ccsc2)n1. The highest BCUT2D eigenvalue weighted by Gasteiger charge is 2.12. The van der Waals surface area contributed by atoms with E-state index in [2.05, 4.69) is 43.9 Å². The molecular formula is C14H17N5S. The summed E-state index contributed by atoms with van der Waals surface area (Å²) in [5, 5.41) is 7.51. The maximum absolute atomic E-state index is 4.68. The molecule has 20 heavy (non-hydrogen) atoms. The Kier molecular flexibility index (Phi) is 3.56. The van der Waals surface area contributed by atoms with Gasteiger partial charge in [-0.25, -0.2) is 9.97 Å². The minimum absolute atomic E-state index is 0.828. The fourth-order valence-corrected chi connectivity index (χ4v) is 2.83. The molecule has 6 heteroatoms. The zero-order valence-corrected chi connectivity index (χ0v) is 12.4. The van der Waals surface area contributed by atoms with Crippen LogP contribution in [0.3, 0.4) is 0 Å². The van der Waals surface area contributed by atoms with Gasteiger partial charge in [-0.2, -0.15) is 11.3 Å². The number of rotatable bonds is 5. The van der Waals surface area contributed by atoms with Crippen molar-refractivity contribution in [2.45, 2.75) is 13.5 Å². The first kappa shape index (κ1) is 12.9. The van der Waals surface area contributed by atoms with E-state index in [1.54, 1.807) is 17.5 Å². The van der Waals surface area contributed by atoms with Gasteiger partial charge in [0.15, 0.2) is 11.5 Å². The van der Waals surface area contributed by atoms with E-state index in [9.17, 15) is 0 Å². The van der Waals surface area contributed by atoms with Crippen molar-refractivity contribution < 1.29 is 0 Å². The van der Waals surface area contributed by atoms with Crippen molar-refractivity contribution >= 4 is 28.6 Å². The van der Waals surface area contributed by atoms with E-state index in [0.717, 1.165) is 30.4 Å².